The maximum atomic E-state index is 12.5. The Bertz CT molecular complexity index is 719. The van der Waals surface area contributed by atoms with Crippen molar-refractivity contribution in [2.24, 2.45) is 5.92 Å². The van der Waals surface area contributed by atoms with E-state index in [9.17, 15) is 14.4 Å². The van der Waals surface area contributed by atoms with Gasteiger partial charge in [0.05, 0.1) is 12.8 Å². The largest absolute Gasteiger partial charge is 0.339 e. The molecular weight excluding hydrogens is 318 g/mol. The third-order valence-corrected chi connectivity index (χ3v) is 5.55. The minimum absolute atomic E-state index is 0.00530. The average Bonchev–Trinajstić information content (AvgIpc) is 2.92. The van der Waals surface area contributed by atoms with Crippen molar-refractivity contribution in [3.05, 3.63) is 29.3 Å². The quantitative estimate of drug-likeness (QED) is 0.898. The molecule has 25 heavy (non-hydrogen) atoms. The highest BCUT2D eigenvalue weighted by molar-refractivity contribution is 5.99. The van der Waals surface area contributed by atoms with Crippen LogP contribution in [0, 0.1) is 5.92 Å². The van der Waals surface area contributed by atoms with Crippen LogP contribution in [0.5, 0.6) is 0 Å². The third kappa shape index (κ3) is 3.25. The van der Waals surface area contributed by atoms with Gasteiger partial charge in [-0.25, -0.2) is 0 Å². The molecule has 132 valence electrons. The number of anilines is 1. The van der Waals surface area contributed by atoms with Crippen LogP contribution in [0.1, 0.15) is 30.4 Å². The minimum atomic E-state index is 0.00530. The van der Waals surface area contributed by atoms with Crippen molar-refractivity contribution in [1.82, 2.24) is 9.80 Å². The lowest BCUT2D eigenvalue weighted by Gasteiger charge is -2.38. The molecule has 6 heteroatoms. The van der Waals surface area contributed by atoms with E-state index in [0.29, 0.717) is 39.0 Å². The van der Waals surface area contributed by atoms with Crippen molar-refractivity contribution in [2.75, 3.05) is 31.5 Å². The molecule has 1 aliphatic carbocycles. The van der Waals surface area contributed by atoms with Gasteiger partial charge in [0.25, 0.3) is 0 Å². The smallest absolute Gasteiger partial charge is 0.228 e. The summed E-state index contributed by atoms with van der Waals surface area (Å²) in [5, 5.41) is 2.80. The Morgan fingerprint density at radius 2 is 1.80 bits per heavy atom. The lowest BCUT2D eigenvalue weighted by Crippen LogP contribution is -2.52. The number of nitrogens with one attached hydrogen (secondary N) is 1. The fourth-order valence-electron chi connectivity index (χ4n) is 3.77. The van der Waals surface area contributed by atoms with Crippen LogP contribution in [0.3, 0.4) is 0 Å². The zero-order chi connectivity index (χ0) is 17.4. The van der Waals surface area contributed by atoms with Crippen LogP contribution in [-0.4, -0.2) is 53.7 Å². The molecule has 0 atom stereocenters. The Kier molecular flexibility index (Phi) is 4.19. The van der Waals surface area contributed by atoms with Crippen molar-refractivity contribution >= 4 is 23.4 Å². The van der Waals surface area contributed by atoms with Crippen LogP contribution in [0.4, 0.5) is 5.69 Å². The first-order valence-corrected chi connectivity index (χ1v) is 9.08. The molecule has 1 saturated heterocycles. The van der Waals surface area contributed by atoms with Gasteiger partial charge in [-0.1, -0.05) is 18.6 Å². The highest BCUT2D eigenvalue weighted by Crippen LogP contribution is 2.28. The number of piperazine rings is 1. The highest BCUT2D eigenvalue weighted by Gasteiger charge is 2.32. The molecule has 1 N–H and O–H groups in total. The number of carbonyl (C=O) groups is 3. The van der Waals surface area contributed by atoms with Crippen molar-refractivity contribution in [3.63, 3.8) is 0 Å². The lowest BCUT2D eigenvalue weighted by atomic mass is 9.84. The van der Waals surface area contributed by atoms with E-state index in [2.05, 4.69) is 5.32 Å². The summed E-state index contributed by atoms with van der Waals surface area (Å²) < 4.78 is 0. The molecule has 1 aromatic carbocycles. The van der Waals surface area contributed by atoms with Crippen molar-refractivity contribution < 1.29 is 14.4 Å². The molecule has 0 aromatic heterocycles. The molecule has 0 unspecified atom stereocenters. The third-order valence-electron chi connectivity index (χ3n) is 5.55. The van der Waals surface area contributed by atoms with E-state index in [1.54, 1.807) is 0 Å². The summed E-state index contributed by atoms with van der Waals surface area (Å²) in [4.78, 5) is 40.0. The molecule has 2 fully saturated rings. The molecule has 2 heterocycles. The van der Waals surface area contributed by atoms with Crippen LogP contribution < -0.4 is 5.32 Å². The van der Waals surface area contributed by atoms with E-state index in [1.165, 1.54) is 0 Å². The second-order valence-electron chi connectivity index (χ2n) is 7.23. The Balaban J connectivity index is 1.31. The van der Waals surface area contributed by atoms with Gasteiger partial charge in [-0.05, 0) is 30.0 Å². The summed E-state index contributed by atoms with van der Waals surface area (Å²) in [6.45, 7) is 2.51. The maximum absolute atomic E-state index is 12.5. The number of nitrogens with zero attached hydrogens (tertiary/aromatic N) is 2. The first kappa shape index (κ1) is 16.1. The van der Waals surface area contributed by atoms with Crippen LogP contribution >= 0.6 is 0 Å². The SMILES string of the molecule is O=C1Cc2cc(CC(=O)N3CCN(C(=O)C4CCC4)CC3)ccc2N1. The van der Waals surface area contributed by atoms with E-state index in [4.69, 9.17) is 0 Å². The predicted octanol–water partition coefficient (Wildman–Crippen LogP) is 1.19. The van der Waals surface area contributed by atoms with Crippen molar-refractivity contribution in [1.29, 1.82) is 0 Å². The Hall–Kier alpha value is -2.37. The minimum Gasteiger partial charge on any atom is -0.339 e. The molecule has 4 rings (SSSR count). The number of hydrogen-bond acceptors (Lipinski definition) is 3. The van der Waals surface area contributed by atoms with E-state index in [0.717, 1.165) is 36.1 Å². The highest BCUT2D eigenvalue weighted by atomic mass is 16.2. The number of fused-ring (bicyclic) bond motifs is 1. The van der Waals surface area contributed by atoms with E-state index < -0.39 is 0 Å². The van der Waals surface area contributed by atoms with E-state index in [1.807, 2.05) is 28.0 Å². The molecule has 0 spiro atoms. The molecule has 6 nitrogen and oxygen atoms in total. The van der Waals surface area contributed by atoms with E-state index in [-0.39, 0.29) is 23.6 Å². The summed E-state index contributed by atoms with van der Waals surface area (Å²) in [5.74, 6) is 0.595. The monoisotopic (exact) mass is 341 g/mol. The topological polar surface area (TPSA) is 69.7 Å². The number of rotatable bonds is 3. The normalized spacial score (nSPS) is 20.1. The van der Waals surface area contributed by atoms with Gasteiger partial charge in [0.1, 0.15) is 0 Å². The first-order valence-electron chi connectivity index (χ1n) is 9.08. The molecule has 1 aromatic rings. The Labute approximate surface area is 147 Å². The first-order chi connectivity index (χ1) is 12.1. The zero-order valence-electron chi connectivity index (χ0n) is 14.3. The molecule has 3 aliphatic rings. The number of benzene rings is 1. The van der Waals surface area contributed by atoms with Crippen LogP contribution in [-0.2, 0) is 27.2 Å². The second kappa shape index (κ2) is 6.50. The standard InChI is InChI=1S/C19H23N3O3/c23-17-12-15-10-13(4-5-16(15)20-17)11-18(24)21-6-8-22(9-7-21)19(25)14-2-1-3-14/h4-5,10,14H,1-3,6-9,11-12H2,(H,20,23). The fraction of sp³-hybridized carbons (Fsp3) is 0.526. The van der Waals surface area contributed by atoms with Gasteiger partial charge in [0.15, 0.2) is 0 Å². The maximum Gasteiger partial charge on any atom is 0.228 e. The Morgan fingerprint density at radius 3 is 2.48 bits per heavy atom. The van der Waals surface area contributed by atoms with E-state index >= 15 is 0 Å². The molecule has 1 saturated carbocycles. The number of carbonyl (C=O) groups excluding carboxylic acids is 3. The van der Waals surface area contributed by atoms with Gasteiger partial charge < -0.3 is 15.1 Å². The molecule has 0 bridgehead atoms. The molecule has 2 aliphatic heterocycles. The molecule has 3 amide bonds. The van der Waals surface area contributed by atoms with Gasteiger partial charge in [-0.3, -0.25) is 14.4 Å². The summed E-state index contributed by atoms with van der Waals surface area (Å²) in [5.41, 5.74) is 2.75. The van der Waals surface area contributed by atoms with Crippen LogP contribution in [0.25, 0.3) is 0 Å². The number of hydrogen-bond donors (Lipinski definition) is 1. The average molecular weight is 341 g/mol. The summed E-state index contributed by atoms with van der Waals surface area (Å²) in [6.07, 6.45) is 3.94. The van der Waals surface area contributed by atoms with Gasteiger partial charge in [-0.15, -0.1) is 0 Å². The van der Waals surface area contributed by atoms with Crippen molar-refractivity contribution in [2.45, 2.75) is 32.1 Å². The van der Waals surface area contributed by atoms with Crippen molar-refractivity contribution in [3.8, 4) is 0 Å². The summed E-state index contributed by atoms with van der Waals surface area (Å²) >= 11 is 0. The van der Waals surface area contributed by atoms with Gasteiger partial charge in [-0.2, -0.15) is 0 Å². The second-order valence-corrected chi connectivity index (χ2v) is 7.23. The predicted molar refractivity (Wildman–Crippen MR) is 93.0 cm³/mol. The molecule has 0 radical (unpaired) electrons. The van der Waals surface area contributed by atoms with Gasteiger partial charge >= 0.3 is 0 Å². The number of amides is 3. The van der Waals surface area contributed by atoms with Crippen LogP contribution in [0.2, 0.25) is 0 Å². The van der Waals surface area contributed by atoms with Gasteiger partial charge in [0, 0.05) is 37.8 Å². The van der Waals surface area contributed by atoms with Gasteiger partial charge in [0.2, 0.25) is 17.7 Å². The summed E-state index contributed by atoms with van der Waals surface area (Å²) in [7, 11) is 0. The zero-order valence-corrected chi connectivity index (χ0v) is 14.3. The molecular formula is C19H23N3O3. The Morgan fingerprint density at radius 1 is 1.08 bits per heavy atom. The summed E-state index contributed by atoms with van der Waals surface area (Å²) in [6, 6.07) is 5.72. The lowest BCUT2D eigenvalue weighted by molar-refractivity contribution is -0.143. The fourth-order valence-corrected chi connectivity index (χ4v) is 3.77. The van der Waals surface area contributed by atoms with Crippen LogP contribution in [0.15, 0.2) is 18.2 Å².